The van der Waals surface area contributed by atoms with E-state index in [1.807, 2.05) is 94.4 Å². The Morgan fingerprint density at radius 1 is 0.200 bits per heavy atom. The molecule has 8 N–H and O–H groups in total. The van der Waals surface area contributed by atoms with Crippen LogP contribution in [0.3, 0.4) is 0 Å². The molecule has 0 saturated heterocycles. The van der Waals surface area contributed by atoms with Crippen LogP contribution >= 0.6 is 0 Å². The van der Waals surface area contributed by atoms with Crippen LogP contribution in [0.5, 0.6) is 46.0 Å². The van der Waals surface area contributed by atoms with Gasteiger partial charge in [0.15, 0.2) is 0 Å². The molecule has 0 atom stereocenters. The molecule has 0 unspecified atom stereocenters. The fourth-order valence-corrected chi connectivity index (χ4v) is 21.5. The van der Waals surface area contributed by atoms with Crippen LogP contribution < -0.4 is 0 Å². The van der Waals surface area contributed by atoms with Crippen molar-refractivity contribution in [2.24, 2.45) is 0 Å². The second kappa shape index (κ2) is 34.9. The second-order valence-corrected chi connectivity index (χ2v) is 36.0. The van der Waals surface area contributed by atoms with Gasteiger partial charge in [-0.3, -0.25) is 0 Å². The highest BCUT2D eigenvalue weighted by atomic mass is 16.3. The van der Waals surface area contributed by atoms with Gasteiger partial charge in [-0.1, -0.05) is 313 Å². The quantitative estimate of drug-likeness (QED) is 0.0474. The maximum absolute atomic E-state index is 10.4. The van der Waals surface area contributed by atoms with Gasteiger partial charge in [-0.05, 0) is 348 Å². The Balaban J connectivity index is 0.000000117. The molecule has 646 valence electrons. The van der Waals surface area contributed by atoms with Crippen LogP contribution in [0.25, 0.3) is 55.3 Å². The minimum absolute atomic E-state index is 0.255. The molecule has 0 amide bonds. The Bertz CT molecular complexity index is 6850. The molecule has 0 aliphatic heterocycles. The lowest BCUT2D eigenvalue weighted by Gasteiger charge is -2.34. The Kier molecular flexibility index (Phi) is 23.1. The van der Waals surface area contributed by atoms with E-state index in [0.717, 1.165) is 103 Å². The van der Waals surface area contributed by atoms with E-state index in [2.05, 4.69) is 254 Å². The SMILES string of the molecule is CCCCc1ccc2c(c1)-c1cc(CCCC)ccc1C2(c1ccc(O)c(C)c1)c1ccc(O)c(C)c1.CCc1ccc2c(c1)-c1cc(CC)ccc1C2(c1ccc(O)cc1)c1ccc(O)cc1.Cc1ccc2c(c1)-c1cc(C)ccc1C2(c1ccc(O)c(C)c1)c1ccc(O)c(C)c1.Oc1ccc(C2(c3ccc4cc(O)ccc4c3)c3ccccc3-c3ccccc32)cc1. The number of unbranched alkanes of at least 4 members (excludes halogenated alkanes) is 2. The Labute approximate surface area is 763 Å². The third-order valence-corrected chi connectivity index (χ3v) is 28.1. The summed E-state index contributed by atoms with van der Waals surface area (Å²) in [5.74, 6) is 2.25. The Hall–Kier alpha value is -14.6. The minimum Gasteiger partial charge on any atom is -0.508 e. The van der Waals surface area contributed by atoms with Gasteiger partial charge in [0.1, 0.15) is 46.0 Å². The van der Waals surface area contributed by atoms with E-state index >= 15 is 0 Å². The molecule has 21 rings (SSSR count). The van der Waals surface area contributed by atoms with Gasteiger partial charge in [-0.2, -0.15) is 0 Å². The summed E-state index contributed by atoms with van der Waals surface area (Å²) >= 11 is 0. The van der Waals surface area contributed by atoms with Crippen molar-refractivity contribution in [2.75, 3.05) is 0 Å². The largest absolute Gasteiger partial charge is 0.508 e. The number of aryl methyl sites for hydroxylation is 10. The molecule has 17 aromatic rings. The third kappa shape index (κ3) is 14.6. The number of phenols is 8. The molecule has 8 heteroatoms. The lowest BCUT2D eigenvalue weighted by molar-refractivity contribution is 0.469. The van der Waals surface area contributed by atoms with Crippen LogP contribution in [-0.4, -0.2) is 40.9 Å². The van der Waals surface area contributed by atoms with E-state index in [1.165, 1.54) is 148 Å². The summed E-state index contributed by atoms with van der Waals surface area (Å²) in [5.41, 5.74) is 38.2. The van der Waals surface area contributed by atoms with Crippen molar-refractivity contribution >= 4 is 10.8 Å². The van der Waals surface area contributed by atoms with Gasteiger partial charge in [0.2, 0.25) is 0 Å². The smallest absolute Gasteiger partial charge is 0.118 e. The van der Waals surface area contributed by atoms with Gasteiger partial charge in [-0.15, -0.1) is 0 Å². The Morgan fingerprint density at radius 3 is 0.792 bits per heavy atom. The number of phenolic OH excluding ortho intramolecular Hbond substituents is 8. The number of benzene rings is 17. The zero-order chi connectivity index (χ0) is 90.7. The van der Waals surface area contributed by atoms with Gasteiger partial charge < -0.3 is 40.9 Å². The van der Waals surface area contributed by atoms with E-state index in [-0.39, 0.29) is 23.0 Å². The maximum Gasteiger partial charge on any atom is 0.118 e. The van der Waals surface area contributed by atoms with Gasteiger partial charge in [0.25, 0.3) is 0 Å². The van der Waals surface area contributed by atoms with Gasteiger partial charge in [0.05, 0.1) is 21.7 Å². The van der Waals surface area contributed by atoms with E-state index < -0.39 is 21.7 Å². The first-order valence-corrected chi connectivity index (χ1v) is 45.8. The lowest BCUT2D eigenvalue weighted by atomic mass is 9.67. The number of hydrogen-bond acceptors (Lipinski definition) is 8. The molecule has 0 spiro atoms. The Morgan fingerprint density at radius 2 is 0.454 bits per heavy atom. The van der Waals surface area contributed by atoms with Crippen LogP contribution in [0.1, 0.15) is 198 Å². The average Bonchev–Trinajstić information content (AvgIpc) is 1.54. The summed E-state index contributed by atoms with van der Waals surface area (Å²) < 4.78 is 0. The van der Waals surface area contributed by atoms with Crippen molar-refractivity contribution < 1.29 is 40.9 Å². The fraction of sp³-hybridized carbons (Fsp3) is 0.180. The van der Waals surface area contributed by atoms with Gasteiger partial charge in [0, 0.05) is 0 Å². The highest BCUT2D eigenvalue weighted by Crippen LogP contribution is 2.62. The van der Waals surface area contributed by atoms with E-state index in [9.17, 15) is 40.9 Å². The third-order valence-electron chi connectivity index (χ3n) is 28.1. The van der Waals surface area contributed by atoms with Crippen molar-refractivity contribution in [1.82, 2.24) is 0 Å². The van der Waals surface area contributed by atoms with Crippen LogP contribution in [0.15, 0.2) is 340 Å². The van der Waals surface area contributed by atoms with Gasteiger partial charge in [-0.25, -0.2) is 0 Å². The highest BCUT2D eigenvalue weighted by molar-refractivity contribution is 5.93. The molecule has 0 aromatic heterocycles. The zero-order valence-corrected chi connectivity index (χ0v) is 75.6. The number of hydrogen-bond donors (Lipinski definition) is 8. The molecule has 8 nitrogen and oxygen atoms in total. The maximum atomic E-state index is 10.4. The van der Waals surface area contributed by atoms with Crippen LogP contribution in [0.2, 0.25) is 0 Å². The van der Waals surface area contributed by atoms with Crippen molar-refractivity contribution in [2.45, 2.75) is 142 Å². The van der Waals surface area contributed by atoms with Crippen molar-refractivity contribution in [1.29, 1.82) is 0 Å². The summed E-state index contributed by atoms with van der Waals surface area (Å²) in [6.07, 6.45) is 8.86. The number of fused-ring (bicyclic) bond motifs is 13. The zero-order valence-electron chi connectivity index (χ0n) is 75.6. The fourth-order valence-electron chi connectivity index (χ4n) is 21.5. The van der Waals surface area contributed by atoms with Crippen molar-refractivity contribution in [3.8, 4) is 90.5 Å². The summed E-state index contributed by atoms with van der Waals surface area (Å²) in [4.78, 5) is 0. The number of aromatic hydroxyl groups is 8. The van der Waals surface area contributed by atoms with Crippen LogP contribution in [0, 0.1) is 41.5 Å². The highest BCUT2D eigenvalue weighted by Gasteiger charge is 2.51. The second-order valence-electron chi connectivity index (χ2n) is 36.0. The minimum atomic E-state index is -0.534. The van der Waals surface area contributed by atoms with E-state index in [4.69, 9.17) is 0 Å². The molecule has 0 heterocycles. The normalized spacial score (nSPS) is 13.6. The predicted molar refractivity (Wildman–Crippen MR) is 530 cm³/mol. The molecule has 0 radical (unpaired) electrons. The molecular formula is C122H110O8. The van der Waals surface area contributed by atoms with Crippen molar-refractivity contribution in [3.63, 3.8) is 0 Å². The van der Waals surface area contributed by atoms with Gasteiger partial charge >= 0.3 is 0 Å². The van der Waals surface area contributed by atoms with Crippen LogP contribution in [-0.2, 0) is 47.3 Å². The first kappa shape index (κ1) is 86.2. The number of rotatable bonds is 16. The first-order valence-electron chi connectivity index (χ1n) is 45.8. The molecule has 4 aliphatic carbocycles. The molecule has 0 saturated carbocycles. The molecule has 0 bridgehead atoms. The summed E-state index contributed by atoms with van der Waals surface area (Å²) in [6, 6.07) is 117. The molecule has 130 heavy (non-hydrogen) atoms. The summed E-state index contributed by atoms with van der Waals surface area (Å²) in [7, 11) is 0. The summed E-state index contributed by atoms with van der Waals surface area (Å²) in [6.45, 7) is 20.9. The van der Waals surface area contributed by atoms with E-state index in [0.29, 0.717) is 23.0 Å². The monoisotopic (exact) mass is 1700 g/mol. The average molecular weight is 1700 g/mol. The molecular weight excluding hydrogens is 1590 g/mol. The molecule has 17 aromatic carbocycles. The lowest BCUT2D eigenvalue weighted by Crippen LogP contribution is -2.29. The topological polar surface area (TPSA) is 162 Å². The molecule has 4 aliphatic rings. The standard InChI is InChI=1S/C35H38O2.C29H20O2.2C29H26O2/c1-5-7-9-25-11-15-31-29(21-25)30-22-26(10-8-6-2)12-16-32(30)35(31,27-13-17-33(36)23(3)19-27)28-14-18-34(37)24(4)20-28;30-23-15-12-21(13-16-23)29(22-11-9-20-18-24(31)14-10-19(20)17-22)27-7-3-1-5-25(27)26-6-2-4-8-28(26)29;1-17-5-9-25-23(13-17)24-14-18(2)6-10-26(24)29(25,21-7-11-27(30)19(3)15-21)22-8-12-28(31)20(4)16-22;1-3-19-5-15-27-25(17-19)26-18-20(4-2)6-16-28(26)29(27,21-7-11-23(30)12-8-21)22-9-13-24(31)14-10-22/h11-22,36-37H,5-10H2,1-4H3;1-18,30-31H;5-16,30-31H,1-4H3;5-18,30-31H,3-4H2,1-2H3. The first-order chi connectivity index (χ1) is 63.0. The predicted octanol–water partition coefficient (Wildman–Crippen LogP) is 28.7. The van der Waals surface area contributed by atoms with Crippen LogP contribution in [0.4, 0.5) is 0 Å². The summed E-state index contributed by atoms with van der Waals surface area (Å²) in [5, 5.41) is 83.3. The van der Waals surface area contributed by atoms with Crippen molar-refractivity contribution in [3.05, 3.63) is 484 Å². The van der Waals surface area contributed by atoms with E-state index in [1.54, 1.807) is 60.7 Å². The molecule has 0 fully saturated rings.